The lowest BCUT2D eigenvalue weighted by Crippen LogP contribution is -2.41. The Morgan fingerprint density at radius 2 is 2.35 bits per heavy atom. The largest absolute Gasteiger partial charge is 0.468 e. The van der Waals surface area contributed by atoms with Crippen molar-refractivity contribution in [2.75, 3.05) is 24.6 Å². The lowest BCUT2D eigenvalue weighted by Gasteiger charge is -2.32. The smallest absolute Gasteiger partial charge is 0.122 e. The molecule has 17 heavy (non-hydrogen) atoms. The zero-order valence-electron chi connectivity index (χ0n) is 10.5. The number of nitrogens with zero attached hydrogens (tertiary/aromatic N) is 1. The number of hydrogen-bond donors (Lipinski definition) is 1. The Morgan fingerprint density at radius 1 is 1.47 bits per heavy atom. The molecule has 1 saturated heterocycles. The van der Waals surface area contributed by atoms with Crippen molar-refractivity contribution in [2.24, 2.45) is 5.73 Å². The molecule has 2 rings (SSSR count). The molecule has 0 radical (unpaired) electrons. The van der Waals surface area contributed by atoms with E-state index in [-0.39, 0.29) is 12.1 Å². The van der Waals surface area contributed by atoms with E-state index in [0.29, 0.717) is 0 Å². The van der Waals surface area contributed by atoms with Gasteiger partial charge in [0.2, 0.25) is 0 Å². The second kappa shape index (κ2) is 6.47. The highest BCUT2D eigenvalue weighted by atomic mass is 32.2. The molecule has 1 aliphatic heterocycles. The van der Waals surface area contributed by atoms with Gasteiger partial charge in [-0.05, 0) is 37.3 Å². The molecular formula is C13H22N2OS. The summed E-state index contributed by atoms with van der Waals surface area (Å²) in [6.07, 6.45) is 3.98. The number of furan rings is 1. The molecule has 0 bridgehead atoms. The normalized spacial score (nSPS) is 22.0. The first-order valence-electron chi connectivity index (χ1n) is 6.43. The molecule has 1 aromatic rings. The van der Waals surface area contributed by atoms with Gasteiger partial charge in [-0.1, -0.05) is 6.92 Å². The van der Waals surface area contributed by atoms with Crippen LogP contribution in [-0.2, 0) is 0 Å². The van der Waals surface area contributed by atoms with E-state index in [9.17, 15) is 0 Å². The van der Waals surface area contributed by atoms with Gasteiger partial charge in [0.05, 0.1) is 12.3 Å². The molecule has 2 heterocycles. The fraction of sp³-hybridized carbons (Fsp3) is 0.692. The monoisotopic (exact) mass is 254 g/mol. The molecular weight excluding hydrogens is 232 g/mol. The Labute approximate surface area is 108 Å². The molecule has 1 fully saturated rings. The Kier molecular flexibility index (Phi) is 4.95. The highest BCUT2D eigenvalue weighted by Crippen LogP contribution is 2.27. The van der Waals surface area contributed by atoms with Crippen LogP contribution in [0, 0.1) is 0 Å². The second-order valence-corrected chi connectivity index (χ2v) is 5.76. The Balaban J connectivity index is 2.14. The maximum atomic E-state index is 6.28. The summed E-state index contributed by atoms with van der Waals surface area (Å²) in [6, 6.07) is 4.41. The lowest BCUT2D eigenvalue weighted by atomic mass is 10.0. The van der Waals surface area contributed by atoms with Crippen molar-refractivity contribution >= 4 is 11.8 Å². The third-order valence-electron chi connectivity index (χ3n) is 3.36. The molecule has 2 unspecified atom stereocenters. The van der Waals surface area contributed by atoms with Crippen LogP contribution in [0.3, 0.4) is 0 Å². The standard InChI is InChI=1S/C13H22N2OS/c1-2-11(14)13(12-5-3-8-16-12)15-6-4-9-17-10-7-15/h3,5,8,11,13H,2,4,6-7,9-10,14H2,1H3. The van der Waals surface area contributed by atoms with Gasteiger partial charge in [0, 0.05) is 18.3 Å². The summed E-state index contributed by atoms with van der Waals surface area (Å²) in [5.74, 6) is 3.49. The van der Waals surface area contributed by atoms with Gasteiger partial charge < -0.3 is 10.2 Å². The van der Waals surface area contributed by atoms with Crippen LogP contribution in [0.2, 0.25) is 0 Å². The maximum absolute atomic E-state index is 6.28. The quantitative estimate of drug-likeness (QED) is 0.896. The Bertz CT molecular complexity index is 307. The van der Waals surface area contributed by atoms with E-state index in [2.05, 4.69) is 17.9 Å². The second-order valence-electron chi connectivity index (χ2n) is 4.53. The van der Waals surface area contributed by atoms with Crippen molar-refractivity contribution in [3.05, 3.63) is 24.2 Å². The fourth-order valence-electron chi connectivity index (χ4n) is 2.39. The third-order valence-corrected chi connectivity index (χ3v) is 4.41. The first-order chi connectivity index (χ1) is 8.33. The SMILES string of the molecule is CCC(N)C(c1ccco1)N1CCCSCC1. The first-order valence-corrected chi connectivity index (χ1v) is 7.59. The number of nitrogens with two attached hydrogens (primary N) is 1. The molecule has 96 valence electrons. The van der Waals surface area contributed by atoms with Crippen LogP contribution in [-0.4, -0.2) is 35.5 Å². The van der Waals surface area contributed by atoms with Crippen LogP contribution in [0.25, 0.3) is 0 Å². The predicted octanol–water partition coefficient (Wildman–Crippen LogP) is 2.50. The van der Waals surface area contributed by atoms with Gasteiger partial charge in [0.15, 0.2) is 0 Å². The van der Waals surface area contributed by atoms with E-state index in [1.165, 1.54) is 17.9 Å². The highest BCUT2D eigenvalue weighted by molar-refractivity contribution is 7.99. The van der Waals surface area contributed by atoms with Crippen molar-refractivity contribution in [3.8, 4) is 0 Å². The van der Waals surface area contributed by atoms with E-state index in [4.69, 9.17) is 10.2 Å². The summed E-state index contributed by atoms with van der Waals surface area (Å²) in [6.45, 7) is 4.39. The summed E-state index contributed by atoms with van der Waals surface area (Å²) >= 11 is 2.04. The van der Waals surface area contributed by atoms with Crippen molar-refractivity contribution in [1.82, 2.24) is 4.90 Å². The number of rotatable bonds is 4. The van der Waals surface area contributed by atoms with Gasteiger partial charge in [-0.3, -0.25) is 4.90 Å². The number of hydrogen-bond acceptors (Lipinski definition) is 4. The molecule has 0 aliphatic carbocycles. The van der Waals surface area contributed by atoms with E-state index in [1.807, 2.05) is 17.8 Å². The minimum absolute atomic E-state index is 0.157. The topological polar surface area (TPSA) is 42.4 Å². The molecule has 2 atom stereocenters. The molecule has 4 heteroatoms. The molecule has 1 aromatic heterocycles. The fourth-order valence-corrected chi connectivity index (χ4v) is 3.29. The van der Waals surface area contributed by atoms with E-state index >= 15 is 0 Å². The van der Waals surface area contributed by atoms with E-state index in [0.717, 1.165) is 25.3 Å². The molecule has 0 saturated carbocycles. The van der Waals surface area contributed by atoms with Gasteiger partial charge >= 0.3 is 0 Å². The summed E-state index contributed by atoms with van der Waals surface area (Å²) in [5.41, 5.74) is 6.28. The molecule has 3 nitrogen and oxygen atoms in total. The van der Waals surface area contributed by atoms with E-state index < -0.39 is 0 Å². The van der Waals surface area contributed by atoms with Gasteiger partial charge in [-0.25, -0.2) is 0 Å². The molecule has 1 aliphatic rings. The van der Waals surface area contributed by atoms with Crippen LogP contribution in [0.1, 0.15) is 31.6 Å². The minimum atomic E-state index is 0.157. The van der Waals surface area contributed by atoms with Gasteiger partial charge in [-0.15, -0.1) is 0 Å². The summed E-state index contributed by atoms with van der Waals surface area (Å²) < 4.78 is 5.58. The number of thioether (sulfide) groups is 1. The molecule has 2 N–H and O–H groups in total. The van der Waals surface area contributed by atoms with Crippen molar-refractivity contribution in [3.63, 3.8) is 0 Å². The van der Waals surface area contributed by atoms with Crippen molar-refractivity contribution in [1.29, 1.82) is 0 Å². The van der Waals surface area contributed by atoms with Crippen LogP contribution in [0.5, 0.6) is 0 Å². The molecule has 0 spiro atoms. The van der Waals surface area contributed by atoms with Crippen LogP contribution in [0.4, 0.5) is 0 Å². The van der Waals surface area contributed by atoms with Crippen LogP contribution in [0.15, 0.2) is 22.8 Å². The Morgan fingerprint density at radius 3 is 3.06 bits per heavy atom. The highest BCUT2D eigenvalue weighted by Gasteiger charge is 2.28. The maximum Gasteiger partial charge on any atom is 0.122 e. The van der Waals surface area contributed by atoms with E-state index in [1.54, 1.807) is 6.26 Å². The lowest BCUT2D eigenvalue weighted by molar-refractivity contribution is 0.159. The average Bonchev–Trinajstić information content (AvgIpc) is 2.73. The zero-order valence-corrected chi connectivity index (χ0v) is 11.3. The van der Waals surface area contributed by atoms with Gasteiger partial charge in [0.25, 0.3) is 0 Å². The van der Waals surface area contributed by atoms with Crippen LogP contribution >= 0.6 is 11.8 Å². The average molecular weight is 254 g/mol. The third kappa shape index (κ3) is 3.27. The minimum Gasteiger partial charge on any atom is -0.468 e. The van der Waals surface area contributed by atoms with Crippen molar-refractivity contribution in [2.45, 2.75) is 31.8 Å². The zero-order chi connectivity index (χ0) is 12.1. The van der Waals surface area contributed by atoms with Gasteiger partial charge in [0.1, 0.15) is 5.76 Å². The Hall–Kier alpha value is -0.450. The van der Waals surface area contributed by atoms with Crippen molar-refractivity contribution < 1.29 is 4.42 Å². The van der Waals surface area contributed by atoms with Gasteiger partial charge in [-0.2, -0.15) is 11.8 Å². The van der Waals surface area contributed by atoms with Crippen LogP contribution < -0.4 is 5.73 Å². The summed E-state index contributed by atoms with van der Waals surface area (Å²) in [7, 11) is 0. The first kappa shape index (κ1) is 13.0. The predicted molar refractivity (Wildman–Crippen MR) is 73.2 cm³/mol. The molecule has 0 aromatic carbocycles. The summed E-state index contributed by atoms with van der Waals surface area (Å²) in [4.78, 5) is 2.49. The summed E-state index contributed by atoms with van der Waals surface area (Å²) in [5, 5.41) is 0. The molecule has 0 amide bonds.